The van der Waals surface area contributed by atoms with E-state index in [1.54, 1.807) is 12.1 Å². The van der Waals surface area contributed by atoms with E-state index in [2.05, 4.69) is 26.1 Å². The van der Waals surface area contributed by atoms with Crippen molar-refractivity contribution < 1.29 is 14.7 Å². The van der Waals surface area contributed by atoms with E-state index in [1.165, 1.54) is 6.07 Å². The highest BCUT2D eigenvalue weighted by Crippen LogP contribution is 2.24. The predicted molar refractivity (Wildman–Crippen MR) is 55.8 cm³/mol. The van der Waals surface area contributed by atoms with Gasteiger partial charge in [0, 0.05) is 10.9 Å². The molecule has 2 N–H and O–H groups in total. The molecule has 2 rings (SSSR count). The van der Waals surface area contributed by atoms with Gasteiger partial charge in [-0.3, -0.25) is 9.89 Å². The van der Waals surface area contributed by atoms with Gasteiger partial charge in [0.2, 0.25) is 0 Å². The molecule has 1 aromatic carbocycles. The molecule has 6 heteroatoms. The first-order valence-electron chi connectivity index (χ1n) is 4.01. The van der Waals surface area contributed by atoms with Gasteiger partial charge in [0.25, 0.3) is 5.78 Å². The van der Waals surface area contributed by atoms with Crippen LogP contribution in [0.5, 0.6) is 0 Å². The molecule has 0 unspecified atom stereocenters. The van der Waals surface area contributed by atoms with E-state index in [-0.39, 0.29) is 5.56 Å². The van der Waals surface area contributed by atoms with E-state index in [9.17, 15) is 9.59 Å². The van der Waals surface area contributed by atoms with Gasteiger partial charge in [0.05, 0.1) is 5.52 Å². The monoisotopic (exact) mass is 268 g/mol. The second-order valence-electron chi connectivity index (χ2n) is 2.87. The van der Waals surface area contributed by atoms with Crippen LogP contribution in [0.2, 0.25) is 0 Å². The molecule has 0 amide bonds. The Morgan fingerprint density at radius 2 is 2.13 bits per heavy atom. The maximum Gasteiger partial charge on any atom is 0.377 e. The number of ketones is 1. The number of nitrogens with zero attached hydrogens (tertiary/aromatic N) is 1. The van der Waals surface area contributed by atoms with Crippen LogP contribution in [0.15, 0.2) is 22.8 Å². The lowest BCUT2D eigenvalue weighted by atomic mass is 10.1. The van der Waals surface area contributed by atoms with Crippen LogP contribution in [0.1, 0.15) is 10.4 Å². The van der Waals surface area contributed by atoms with Gasteiger partial charge in [-0.15, -0.1) is 0 Å². The average Bonchev–Trinajstić information content (AvgIpc) is 2.59. The molecule has 0 aliphatic carbocycles. The summed E-state index contributed by atoms with van der Waals surface area (Å²) in [5, 5.41) is 15.7. The molecule has 0 aliphatic heterocycles. The zero-order valence-corrected chi connectivity index (χ0v) is 8.91. The van der Waals surface area contributed by atoms with Crippen molar-refractivity contribution in [2.24, 2.45) is 0 Å². The van der Waals surface area contributed by atoms with Crippen LogP contribution in [-0.2, 0) is 4.79 Å². The molecule has 0 aliphatic rings. The van der Waals surface area contributed by atoms with Crippen molar-refractivity contribution in [2.75, 3.05) is 0 Å². The smallest absolute Gasteiger partial charge is 0.377 e. The lowest BCUT2D eigenvalue weighted by Gasteiger charge is -1.97. The normalized spacial score (nSPS) is 10.5. The zero-order valence-electron chi connectivity index (χ0n) is 7.32. The number of halogens is 1. The third-order valence-corrected chi connectivity index (χ3v) is 2.55. The number of aliphatic carboxylic acids is 1. The van der Waals surface area contributed by atoms with Crippen LogP contribution < -0.4 is 0 Å². The van der Waals surface area contributed by atoms with Gasteiger partial charge in [-0.1, -0.05) is 6.07 Å². The summed E-state index contributed by atoms with van der Waals surface area (Å²) in [6.45, 7) is 0. The highest BCUT2D eigenvalue weighted by molar-refractivity contribution is 9.10. The second-order valence-corrected chi connectivity index (χ2v) is 3.66. The average molecular weight is 269 g/mol. The van der Waals surface area contributed by atoms with Gasteiger partial charge in [0.1, 0.15) is 4.60 Å². The number of Topliss-reactive ketones (excluding diaryl/α,β-unsaturated/α-hetero) is 1. The molecular formula is C9H5BrN2O3. The minimum atomic E-state index is -1.48. The van der Waals surface area contributed by atoms with Gasteiger partial charge in [-0.05, 0) is 28.1 Å². The van der Waals surface area contributed by atoms with Crippen molar-refractivity contribution in [3.8, 4) is 0 Å². The molecule has 1 aromatic heterocycles. The molecule has 0 radical (unpaired) electrons. The number of hydrogen-bond acceptors (Lipinski definition) is 3. The van der Waals surface area contributed by atoms with Gasteiger partial charge in [-0.2, -0.15) is 5.10 Å². The molecule has 0 bridgehead atoms. The summed E-state index contributed by atoms with van der Waals surface area (Å²) in [5.74, 6) is -2.42. The molecule has 76 valence electrons. The fraction of sp³-hybridized carbons (Fsp3) is 0. The number of carbonyl (C=O) groups is 2. The Morgan fingerprint density at radius 3 is 2.80 bits per heavy atom. The number of benzene rings is 1. The maximum atomic E-state index is 11.3. The standard InChI is InChI=1S/C9H5BrN2O3/c10-8-6-4(7(13)9(14)15)2-1-3-5(6)11-12-8/h1-3H,(H,11,12)(H,14,15). The van der Waals surface area contributed by atoms with Crippen molar-refractivity contribution in [3.05, 3.63) is 28.4 Å². The number of carboxylic acid groups (broad SMARTS) is 1. The molecule has 0 spiro atoms. The first kappa shape index (κ1) is 9.85. The highest BCUT2D eigenvalue weighted by atomic mass is 79.9. The van der Waals surface area contributed by atoms with Crippen LogP contribution in [0.3, 0.4) is 0 Å². The predicted octanol–water partition coefficient (Wildman–Crippen LogP) is 1.59. The summed E-state index contributed by atoms with van der Waals surface area (Å²) in [5.41, 5.74) is 0.676. The van der Waals surface area contributed by atoms with E-state index < -0.39 is 11.8 Å². The van der Waals surface area contributed by atoms with Crippen molar-refractivity contribution in [3.63, 3.8) is 0 Å². The number of fused-ring (bicyclic) bond motifs is 1. The summed E-state index contributed by atoms with van der Waals surface area (Å²) in [6.07, 6.45) is 0. The van der Waals surface area contributed by atoms with E-state index in [4.69, 9.17) is 5.11 Å². The third-order valence-electron chi connectivity index (χ3n) is 1.98. The van der Waals surface area contributed by atoms with Crippen LogP contribution in [0.25, 0.3) is 10.9 Å². The SMILES string of the molecule is O=C(O)C(=O)c1cccc2n[nH]c(Br)c12. The Balaban J connectivity index is 2.75. The largest absolute Gasteiger partial charge is 0.475 e. The Kier molecular flexibility index (Phi) is 2.28. The number of aromatic nitrogens is 2. The van der Waals surface area contributed by atoms with Crippen LogP contribution in [0, 0.1) is 0 Å². The summed E-state index contributed by atoms with van der Waals surface area (Å²) in [7, 11) is 0. The Morgan fingerprint density at radius 1 is 1.40 bits per heavy atom. The Hall–Kier alpha value is -1.69. The van der Waals surface area contributed by atoms with E-state index >= 15 is 0 Å². The maximum absolute atomic E-state index is 11.3. The first-order valence-corrected chi connectivity index (χ1v) is 4.81. The van der Waals surface area contributed by atoms with Gasteiger partial charge in [-0.25, -0.2) is 4.79 Å². The Labute approximate surface area is 92.2 Å². The molecule has 2 aromatic rings. The van der Waals surface area contributed by atoms with Crippen LogP contribution in [-0.4, -0.2) is 27.1 Å². The van der Waals surface area contributed by atoms with Gasteiger partial charge < -0.3 is 5.11 Å². The molecule has 0 saturated heterocycles. The molecule has 0 atom stereocenters. The van der Waals surface area contributed by atoms with Crippen molar-refractivity contribution >= 4 is 38.6 Å². The van der Waals surface area contributed by atoms with Crippen molar-refractivity contribution in [1.82, 2.24) is 10.2 Å². The second kappa shape index (κ2) is 3.47. The van der Waals surface area contributed by atoms with Crippen molar-refractivity contribution in [2.45, 2.75) is 0 Å². The molecule has 0 saturated carbocycles. The fourth-order valence-electron chi connectivity index (χ4n) is 1.33. The van der Waals surface area contributed by atoms with E-state index in [0.29, 0.717) is 15.5 Å². The molecule has 1 heterocycles. The summed E-state index contributed by atoms with van der Waals surface area (Å²) in [6, 6.07) is 4.74. The molecule has 15 heavy (non-hydrogen) atoms. The van der Waals surface area contributed by atoms with Crippen LogP contribution in [0.4, 0.5) is 0 Å². The van der Waals surface area contributed by atoms with E-state index in [1.807, 2.05) is 0 Å². The summed E-state index contributed by atoms with van der Waals surface area (Å²) in [4.78, 5) is 21.9. The number of carboxylic acids is 1. The van der Waals surface area contributed by atoms with Gasteiger partial charge in [0.15, 0.2) is 0 Å². The summed E-state index contributed by atoms with van der Waals surface area (Å²) < 4.78 is 0.503. The van der Waals surface area contributed by atoms with Crippen molar-refractivity contribution in [1.29, 1.82) is 0 Å². The van der Waals surface area contributed by atoms with Gasteiger partial charge >= 0.3 is 5.97 Å². The number of rotatable bonds is 2. The van der Waals surface area contributed by atoms with Crippen LogP contribution >= 0.6 is 15.9 Å². The Bertz CT molecular complexity index is 561. The number of H-pyrrole nitrogens is 1. The molecular weight excluding hydrogens is 264 g/mol. The fourth-order valence-corrected chi connectivity index (χ4v) is 1.84. The lowest BCUT2D eigenvalue weighted by molar-refractivity contribution is -0.131. The number of hydrogen-bond donors (Lipinski definition) is 2. The molecule has 0 fully saturated rings. The highest BCUT2D eigenvalue weighted by Gasteiger charge is 2.19. The number of aromatic amines is 1. The third kappa shape index (κ3) is 1.52. The first-order chi connectivity index (χ1) is 7.11. The minimum absolute atomic E-state index is 0.126. The molecule has 5 nitrogen and oxygen atoms in total. The zero-order chi connectivity index (χ0) is 11.0. The topological polar surface area (TPSA) is 83.0 Å². The van der Waals surface area contributed by atoms with E-state index in [0.717, 1.165) is 0 Å². The number of carbonyl (C=O) groups excluding carboxylic acids is 1. The minimum Gasteiger partial charge on any atom is -0.475 e. The number of nitrogens with one attached hydrogen (secondary N) is 1. The lowest BCUT2D eigenvalue weighted by Crippen LogP contribution is -2.12. The quantitative estimate of drug-likeness (QED) is 0.640. The summed E-state index contributed by atoms with van der Waals surface area (Å²) >= 11 is 3.17.